The fourth-order valence-electron chi connectivity index (χ4n) is 0.988. The van der Waals surface area contributed by atoms with Crippen LogP contribution in [-0.2, 0) is 14.4 Å². The third-order valence-corrected chi connectivity index (χ3v) is 1.79. The van der Waals surface area contributed by atoms with E-state index in [9.17, 15) is 9.59 Å². The van der Waals surface area contributed by atoms with E-state index in [0.29, 0.717) is 12.8 Å². The van der Waals surface area contributed by atoms with Crippen LogP contribution in [0.15, 0.2) is 0 Å². The molecule has 0 amide bonds. The molecule has 0 aromatic heterocycles. The summed E-state index contributed by atoms with van der Waals surface area (Å²) in [6.07, 6.45) is 3.91. The van der Waals surface area contributed by atoms with Gasteiger partial charge in [-0.2, -0.15) is 5.90 Å². The van der Waals surface area contributed by atoms with Gasteiger partial charge in [-0.15, -0.1) is 11.8 Å². The summed E-state index contributed by atoms with van der Waals surface area (Å²) in [5.41, 5.74) is 0. The number of unbranched alkanes of at least 4 members (excludes halogenated alkanes) is 2. The number of hydrogen-bond acceptors (Lipinski definition) is 4. The molecule has 84 valence electrons. The van der Waals surface area contributed by atoms with Gasteiger partial charge in [0.1, 0.15) is 5.78 Å². The molecule has 0 radical (unpaired) electrons. The molecule has 0 saturated carbocycles. The molecule has 0 bridgehead atoms. The second-order valence-corrected chi connectivity index (χ2v) is 3.25. The first-order valence-corrected chi connectivity index (χ1v) is 5.01. The maximum atomic E-state index is 10.6. The molecule has 0 heterocycles. The molecule has 0 aliphatic heterocycles. The van der Waals surface area contributed by atoms with Gasteiger partial charge in [-0.3, -0.25) is 4.79 Å². The average Bonchev–Trinajstić information content (AvgIpc) is 2.21. The fourth-order valence-corrected chi connectivity index (χ4v) is 0.988. The summed E-state index contributed by atoms with van der Waals surface area (Å²) in [6.45, 7) is 1.59. The second-order valence-electron chi connectivity index (χ2n) is 3.25. The maximum absolute atomic E-state index is 10.6. The lowest BCUT2D eigenvalue weighted by Gasteiger charge is -1.92. The lowest BCUT2D eigenvalue weighted by molar-refractivity contribution is -0.144. The summed E-state index contributed by atoms with van der Waals surface area (Å²) < 4.78 is 0. The summed E-state index contributed by atoms with van der Waals surface area (Å²) in [5, 5.41) is 0. The molecule has 0 fully saturated rings. The van der Waals surface area contributed by atoms with Crippen LogP contribution in [0.1, 0.15) is 45.4 Å². The Hall–Kier alpha value is -1.34. The van der Waals surface area contributed by atoms with Crippen molar-refractivity contribution in [1.29, 1.82) is 0 Å². The first-order chi connectivity index (χ1) is 7.16. The minimum Gasteiger partial charge on any atom is -0.373 e. The van der Waals surface area contributed by atoms with E-state index in [-0.39, 0.29) is 12.2 Å². The Morgan fingerprint density at radius 1 is 1.13 bits per heavy atom. The van der Waals surface area contributed by atoms with E-state index in [1.54, 1.807) is 6.92 Å². The summed E-state index contributed by atoms with van der Waals surface area (Å²) in [5.74, 6) is 10.2. The predicted octanol–water partition coefficient (Wildman–Crippen LogP) is 1.34. The van der Waals surface area contributed by atoms with Gasteiger partial charge in [0.25, 0.3) is 0 Å². The topological polar surface area (TPSA) is 69.4 Å². The SMILES string of the molecule is CC(=O)CCCCC#CCCC(=O)ON. The number of nitrogens with two attached hydrogens (primary N) is 1. The van der Waals surface area contributed by atoms with Gasteiger partial charge in [0, 0.05) is 19.3 Å². The Balaban J connectivity index is 3.31. The van der Waals surface area contributed by atoms with Crippen LogP contribution in [0.2, 0.25) is 0 Å². The van der Waals surface area contributed by atoms with Crippen molar-refractivity contribution in [2.24, 2.45) is 5.90 Å². The molecule has 2 N–H and O–H groups in total. The second kappa shape index (κ2) is 9.22. The minimum absolute atomic E-state index is 0.216. The Morgan fingerprint density at radius 3 is 2.40 bits per heavy atom. The molecule has 0 atom stereocenters. The number of rotatable bonds is 6. The van der Waals surface area contributed by atoms with Crippen LogP contribution in [-0.4, -0.2) is 11.8 Å². The third-order valence-electron chi connectivity index (χ3n) is 1.79. The highest BCUT2D eigenvalue weighted by Crippen LogP contribution is 1.99. The number of ketones is 1. The van der Waals surface area contributed by atoms with E-state index < -0.39 is 5.97 Å². The lowest BCUT2D eigenvalue weighted by Crippen LogP contribution is -2.08. The number of carbonyl (C=O) groups is 2. The van der Waals surface area contributed by atoms with Crippen molar-refractivity contribution in [1.82, 2.24) is 0 Å². The number of hydrogen-bond donors (Lipinski definition) is 1. The summed E-state index contributed by atoms with van der Waals surface area (Å²) in [7, 11) is 0. The van der Waals surface area contributed by atoms with E-state index in [1.807, 2.05) is 0 Å². The van der Waals surface area contributed by atoms with E-state index >= 15 is 0 Å². The quantitative estimate of drug-likeness (QED) is 0.409. The smallest absolute Gasteiger partial charge is 0.325 e. The molecule has 0 rings (SSSR count). The van der Waals surface area contributed by atoms with Gasteiger partial charge in [-0.05, 0) is 19.8 Å². The molecule has 0 aliphatic carbocycles. The zero-order valence-electron chi connectivity index (χ0n) is 9.04. The van der Waals surface area contributed by atoms with Crippen LogP contribution in [0.4, 0.5) is 0 Å². The first-order valence-electron chi connectivity index (χ1n) is 5.01. The summed E-state index contributed by atoms with van der Waals surface area (Å²) in [6, 6.07) is 0. The first kappa shape index (κ1) is 13.7. The van der Waals surface area contributed by atoms with Crippen LogP contribution in [0.3, 0.4) is 0 Å². The van der Waals surface area contributed by atoms with Crippen molar-refractivity contribution in [2.45, 2.75) is 45.4 Å². The summed E-state index contributed by atoms with van der Waals surface area (Å²) >= 11 is 0. The molecular weight excluding hydrogens is 194 g/mol. The molecule has 0 spiro atoms. The van der Waals surface area contributed by atoms with Gasteiger partial charge in [0.05, 0.1) is 6.42 Å². The highest BCUT2D eigenvalue weighted by Gasteiger charge is 1.96. The van der Waals surface area contributed by atoms with E-state index in [4.69, 9.17) is 0 Å². The Kier molecular flexibility index (Phi) is 8.40. The normalized spacial score (nSPS) is 8.93. The molecule has 15 heavy (non-hydrogen) atoms. The predicted molar refractivity (Wildman–Crippen MR) is 56.4 cm³/mol. The largest absolute Gasteiger partial charge is 0.373 e. The molecular formula is C11H17NO3. The van der Waals surface area contributed by atoms with Crippen molar-refractivity contribution in [3.8, 4) is 11.8 Å². The molecule has 4 nitrogen and oxygen atoms in total. The van der Waals surface area contributed by atoms with Crippen molar-refractivity contribution in [3.05, 3.63) is 0 Å². The standard InChI is InChI=1S/C11H17NO3/c1-10(13)8-6-4-2-3-5-7-9-11(14)15-12/h2,4,6-9,12H2,1H3. The van der Waals surface area contributed by atoms with Gasteiger partial charge in [-0.25, -0.2) is 0 Å². The van der Waals surface area contributed by atoms with E-state index in [0.717, 1.165) is 19.3 Å². The van der Waals surface area contributed by atoms with Crippen LogP contribution in [0.25, 0.3) is 0 Å². The van der Waals surface area contributed by atoms with E-state index in [1.165, 1.54) is 0 Å². The van der Waals surface area contributed by atoms with Gasteiger partial charge < -0.3 is 9.63 Å². The zero-order valence-corrected chi connectivity index (χ0v) is 9.04. The van der Waals surface area contributed by atoms with Gasteiger partial charge in [-0.1, -0.05) is 0 Å². The third kappa shape index (κ3) is 10.6. The summed E-state index contributed by atoms with van der Waals surface area (Å²) in [4.78, 5) is 25.1. The Labute approximate surface area is 90.1 Å². The Bertz CT molecular complexity index is 263. The number of Topliss-reactive ketones (excluding diaryl/α,β-unsaturated/α-hetero) is 1. The van der Waals surface area contributed by atoms with Crippen LogP contribution in [0, 0.1) is 11.8 Å². The van der Waals surface area contributed by atoms with Crippen molar-refractivity contribution in [2.75, 3.05) is 0 Å². The van der Waals surface area contributed by atoms with Crippen LogP contribution >= 0.6 is 0 Å². The molecule has 0 aromatic rings. The fraction of sp³-hybridized carbons (Fsp3) is 0.636. The lowest BCUT2D eigenvalue weighted by atomic mass is 10.1. The Morgan fingerprint density at radius 2 is 1.80 bits per heavy atom. The van der Waals surface area contributed by atoms with Crippen LogP contribution < -0.4 is 5.90 Å². The zero-order chi connectivity index (χ0) is 11.5. The van der Waals surface area contributed by atoms with Crippen molar-refractivity contribution < 1.29 is 14.4 Å². The highest BCUT2D eigenvalue weighted by molar-refractivity contribution is 5.75. The van der Waals surface area contributed by atoms with Gasteiger partial charge >= 0.3 is 5.97 Å². The molecule has 0 aromatic carbocycles. The van der Waals surface area contributed by atoms with Crippen molar-refractivity contribution >= 4 is 11.8 Å². The maximum Gasteiger partial charge on any atom is 0.325 e. The van der Waals surface area contributed by atoms with Gasteiger partial charge in [0.15, 0.2) is 0 Å². The molecule has 0 aliphatic rings. The number of carbonyl (C=O) groups excluding carboxylic acids is 2. The van der Waals surface area contributed by atoms with E-state index in [2.05, 4.69) is 22.6 Å². The highest BCUT2D eigenvalue weighted by atomic mass is 16.7. The average molecular weight is 211 g/mol. The molecule has 4 heteroatoms. The minimum atomic E-state index is -0.444. The van der Waals surface area contributed by atoms with Crippen molar-refractivity contribution in [3.63, 3.8) is 0 Å². The molecule has 0 unspecified atom stereocenters. The molecule has 0 saturated heterocycles. The van der Waals surface area contributed by atoms with Gasteiger partial charge in [0.2, 0.25) is 0 Å². The van der Waals surface area contributed by atoms with Crippen LogP contribution in [0.5, 0.6) is 0 Å². The monoisotopic (exact) mass is 211 g/mol.